The largest absolute Gasteiger partial charge is 0.338 e. The second kappa shape index (κ2) is 4.86. The van der Waals surface area contributed by atoms with Gasteiger partial charge in [0.05, 0.1) is 5.56 Å². The maximum absolute atomic E-state index is 13.7. The van der Waals surface area contributed by atoms with E-state index in [1.165, 1.54) is 12.1 Å². The van der Waals surface area contributed by atoms with Gasteiger partial charge in [-0.3, -0.25) is 4.79 Å². The van der Waals surface area contributed by atoms with E-state index in [4.69, 9.17) is 17.3 Å². The first kappa shape index (κ1) is 13.3. The molecule has 1 amide bonds. The Hall–Kier alpha value is -1.13. The number of nitrogens with two attached hydrogens (primary N) is 1. The normalized spacial score (nSPS) is 23.4. The van der Waals surface area contributed by atoms with Crippen LogP contribution in [-0.4, -0.2) is 30.4 Å². The van der Waals surface area contributed by atoms with Crippen LogP contribution in [0.25, 0.3) is 0 Å². The maximum atomic E-state index is 13.7. The highest BCUT2D eigenvalue weighted by Gasteiger charge is 2.35. The van der Waals surface area contributed by atoms with Crippen molar-refractivity contribution >= 4 is 17.5 Å². The molecule has 1 aromatic rings. The molecule has 0 radical (unpaired) electrons. The van der Waals surface area contributed by atoms with E-state index in [1.807, 2.05) is 6.92 Å². The third kappa shape index (κ3) is 2.49. The third-order valence-corrected chi connectivity index (χ3v) is 3.73. The van der Waals surface area contributed by atoms with Gasteiger partial charge >= 0.3 is 0 Å². The molecule has 2 N–H and O–H groups in total. The number of halogens is 2. The molecule has 0 aromatic heterocycles. The van der Waals surface area contributed by atoms with Gasteiger partial charge in [0.2, 0.25) is 0 Å². The first-order valence-electron chi connectivity index (χ1n) is 5.90. The number of rotatable bonds is 2. The molecule has 1 unspecified atom stereocenters. The Kier molecular flexibility index (Phi) is 3.59. The standard InChI is InChI=1S/C13H16ClFN2O/c1-13(7-16)4-5-17(8-13)12(18)10-3-2-9(14)6-11(10)15/h2-3,6H,4-5,7-8,16H2,1H3. The molecule has 98 valence electrons. The second-order valence-electron chi connectivity index (χ2n) is 5.12. The lowest BCUT2D eigenvalue weighted by atomic mass is 9.90. The average Bonchev–Trinajstić information content (AvgIpc) is 2.72. The molecule has 1 aliphatic rings. The van der Waals surface area contributed by atoms with Gasteiger partial charge in [-0.1, -0.05) is 18.5 Å². The van der Waals surface area contributed by atoms with E-state index in [-0.39, 0.29) is 21.9 Å². The first-order valence-corrected chi connectivity index (χ1v) is 6.27. The predicted molar refractivity (Wildman–Crippen MR) is 69.1 cm³/mol. The fourth-order valence-electron chi connectivity index (χ4n) is 2.20. The lowest BCUT2D eigenvalue weighted by Crippen LogP contribution is -2.34. The van der Waals surface area contributed by atoms with Crippen molar-refractivity contribution in [2.45, 2.75) is 13.3 Å². The molecule has 1 saturated heterocycles. The Morgan fingerprint density at radius 2 is 2.33 bits per heavy atom. The zero-order valence-electron chi connectivity index (χ0n) is 10.2. The van der Waals surface area contributed by atoms with Crippen molar-refractivity contribution in [2.24, 2.45) is 11.1 Å². The smallest absolute Gasteiger partial charge is 0.256 e. The summed E-state index contributed by atoms with van der Waals surface area (Å²) in [6, 6.07) is 4.11. The summed E-state index contributed by atoms with van der Waals surface area (Å²) >= 11 is 5.67. The van der Waals surface area contributed by atoms with E-state index in [9.17, 15) is 9.18 Å². The Morgan fingerprint density at radius 1 is 1.61 bits per heavy atom. The number of hydrogen-bond donors (Lipinski definition) is 1. The number of likely N-dealkylation sites (tertiary alicyclic amines) is 1. The number of amides is 1. The Bertz CT molecular complexity index is 480. The van der Waals surface area contributed by atoms with Gasteiger partial charge in [0.25, 0.3) is 5.91 Å². The SMILES string of the molecule is CC1(CN)CCN(C(=O)c2ccc(Cl)cc2F)C1. The van der Waals surface area contributed by atoms with Crippen molar-refractivity contribution in [3.05, 3.63) is 34.6 Å². The topological polar surface area (TPSA) is 46.3 Å². The average molecular weight is 271 g/mol. The maximum Gasteiger partial charge on any atom is 0.256 e. The number of nitrogens with zero attached hydrogens (tertiary/aromatic N) is 1. The van der Waals surface area contributed by atoms with Crippen molar-refractivity contribution in [3.63, 3.8) is 0 Å². The third-order valence-electron chi connectivity index (χ3n) is 3.50. The highest BCUT2D eigenvalue weighted by Crippen LogP contribution is 2.30. The number of hydrogen-bond acceptors (Lipinski definition) is 2. The predicted octanol–water partition coefficient (Wildman–Crippen LogP) is 2.29. The zero-order chi connectivity index (χ0) is 13.3. The van der Waals surface area contributed by atoms with E-state index >= 15 is 0 Å². The molecule has 2 rings (SSSR count). The van der Waals surface area contributed by atoms with Crippen LogP contribution in [0.15, 0.2) is 18.2 Å². The van der Waals surface area contributed by atoms with E-state index in [2.05, 4.69) is 0 Å². The van der Waals surface area contributed by atoms with E-state index < -0.39 is 5.82 Å². The van der Waals surface area contributed by atoms with Crippen LogP contribution in [0.2, 0.25) is 5.02 Å². The summed E-state index contributed by atoms with van der Waals surface area (Å²) in [5, 5.41) is 0.289. The van der Waals surface area contributed by atoms with Gasteiger partial charge < -0.3 is 10.6 Å². The lowest BCUT2D eigenvalue weighted by Gasteiger charge is -2.22. The first-order chi connectivity index (χ1) is 8.45. The molecule has 0 bridgehead atoms. The van der Waals surface area contributed by atoms with Crippen molar-refractivity contribution in [3.8, 4) is 0 Å². The van der Waals surface area contributed by atoms with Crippen LogP contribution in [0.4, 0.5) is 4.39 Å². The van der Waals surface area contributed by atoms with Crippen LogP contribution in [0.3, 0.4) is 0 Å². The minimum absolute atomic E-state index is 0.0570. The fourth-order valence-corrected chi connectivity index (χ4v) is 2.36. The number of carbonyl (C=O) groups excluding carboxylic acids is 1. The fraction of sp³-hybridized carbons (Fsp3) is 0.462. The summed E-state index contributed by atoms with van der Waals surface area (Å²) in [7, 11) is 0. The van der Waals surface area contributed by atoms with Crippen LogP contribution >= 0.6 is 11.6 Å². The second-order valence-corrected chi connectivity index (χ2v) is 5.55. The zero-order valence-corrected chi connectivity index (χ0v) is 11.0. The summed E-state index contributed by atoms with van der Waals surface area (Å²) in [6.45, 7) is 3.76. The molecule has 18 heavy (non-hydrogen) atoms. The monoisotopic (exact) mass is 270 g/mol. The van der Waals surface area contributed by atoms with Crippen LogP contribution in [0, 0.1) is 11.2 Å². The molecular weight excluding hydrogens is 255 g/mol. The van der Waals surface area contributed by atoms with Crippen molar-refractivity contribution in [1.82, 2.24) is 4.90 Å². The van der Waals surface area contributed by atoms with Gasteiger partial charge in [-0.05, 0) is 36.6 Å². The molecule has 3 nitrogen and oxygen atoms in total. The minimum atomic E-state index is -0.575. The van der Waals surface area contributed by atoms with Gasteiger partial charge in [0.1, 0.15) is 5.82 Å². The van der Waals surface area contributed by atoms with Crippen LogP contribution in [0.5, 0.6) is 0 Å². The summed E-state index contributed by atoms with van der Waals surface area (Å²) in [5.41, 5.74) is 5.70. The molecule has 1 atom stereocenters. The van der Waals surface area contributed by atoms with Crippen molar-refractivity contribution in [1.29, 1.82) is 0 Å². The van der Waals surface area contributed by atoms with E-state index in [0.29, 0.717) is 19.6 Å². The highest BCUT2D eigenvalue weighted by atomic mass is 35.5. The molecular formula is C13H16ClFN2O. The van der Waals surface area contributed by atoms with E-state index in [0.717, 1.165) is 12.5 Å². The van der Waals surface area contributed by atoms with Crippen molar-refractivity contribution < 1.29 is 9.18 Å². The lowest BCUT2D eigenvalue weighted by molar-refractivity contribution is 0.0772. The summed E-state index contributed by atoms with van der Waals surface area (Å²) < 4.78 is 13.7. The van der Waals surface area contributed by atoms with Gasteiger partial charge in [-0.15, -0.1) is 0 Å². The number of benzene rings is 1. The quantitative estimate of drug-likeness (QED) is 0.896. The molecule has 0 saturated carbocycles. The molecule has 0 aliphatic carbocycles. The van der Waals surface area contributed by atoms with Crippen LogP contribution in [0.1, 0.15) is 23.7 Å². The molecule has 1 heterocycles. The summed E-state index contributed by atoms with van der Waals surface area (Å²) in [4.78, 5) is 13.8. The molecule has 1 aliphatic heterocycles. The molecule has 1 fully saturated rings. The summed E-state index contributed by atoms with van der Waals surface area (Å²) in [5.74, 6) is -0.866. The Morgan fingerprint density at radius 3 is 2.89 bits per heavy atom. The van der Waals surface area contributed by atoms with Gasteiger partial charge in [-0.25, -0.2) is 4.39 Å². The molecule has 1 aromatic carbocycles. The van der Waals surface area contributed by atoms with Crippen LogP contribution in [-0.2, 0) is 0 Å². The van der Waals surface area contributed by atoms with Gasteiger partial charge in [0, 0.05) is 18.1 Å². The minimum Gasteiger partial charge on any atom is -0.338 e. The number of carbonyl (C=O) groups is 1. The summed E-state index contributed by atoms with van der Waals surface area (Å²) in [6.07, 6.45) is 0.852. The van der Waals surface area contributed by atoms with Crippen LogP contribution < -0.4 is 5.73 Å². The van der Waals surface area contributed by atoms with E-state index in [1.54, 1.807) is 4.90 Å². The molecule has 0 spiro atoms. The molecule has 5 heteroatoms. The highest BCUT2D eigenvalue weighted by molar-refractivity contribution is 6.30. The van der Waals surface area contributed by atoms with Gasteiger partial charge in [0.15, 0.2) is 0 Å². The Balaban J connectivity index is 2.18. The van der Waals surface area contributed by atoms with Crippen molar-refractivity contribution in [2.75, 3.05) is 19.6 Å². The van der Waals surface area contributed by atoms with Gasteiger partial charge in [-0.2, -0.15) is 0 Å². The Labute approximate surface area is 111 Å².